The molecule has 0 spiro atoms. The number of rotatable bonds is 4. The van der Waals surface area contributed by atoms with Gasteiger partial charge in [0.1, 0.15) is 11.5 Å². The van der Waals surface area contributed by atoms with Crippen LogP contribution < -0.4 is 4.74 Å². The molecule has 4 heteroatoms. The fourth-order valence-electron chi connectivity index (χ4n) is 4.15. The molecule has 0 saturated carbocycles. The second kappa shape index (κ2) is 6.74. The maximum absolute atomic E-state index is 13.3. The highest BCUT2D eigenvalue weighted by Crippen LogP contribution is 2.50. The number of ketones is 2. The number of benzene rings is 3. The lowest BCUT2D eigenvalue weighted by Gasteiger charge is -2.22. The van der Waals surface area contributed by atoms with E-state index in [4.69, 9.17) is 9.47 Å². The van der Waals surface area contributed by atoms with E-state index in [2.05, 4.69) is 0 Å². The smallest absolute Gasteiger partial charge is 0.204 e. The maximum atomic E-state index is 13.3. The normalized spacial score (nSPS) is 19.6. The van der Waals surface area contributed by atoms with Gasteiger partial charge in [0.15, 0.2) is 11.9 Å². The van der Waals surface area contributed by atoms with Crippen LogP contribution in [0.2, 0.25) is 0 Å². The van der Waals surface area contributed by atoms with Gasteiger partial charge in [0.2, 0.25) is 5.78 Å². The van der Waals surface area contributed by atoms with Crippen molar-refractivity contribution >= 4 is 17.3 Å². The minimum atomic E-state index is -0.784. The first-order valence-corrected chi connectivity index (χ1v) is 9.47. The first kappa shape index (κ1) is 17.4. The van der Waals surface area contributed by atoms with E-state index < -0.39 is 12.0 Å². The molecule has 1 aliphatic heterocycles. The van der Waals surface area contributed by atoms with Crippen molar-refractivity contribution in [3.8, 4) is 5.75 Å². The molecule has 0 N–H and O–H groups in total. The second-order valence-corrected chi connectivity index (χ2v) is 7.14. The van der Waals surface area contributed by atoms with Crippen LogP contribution in [0.15, 0.2) is 84.4 Å². The minimum absolute atomic E-state index is 0.0696. The molecule has 2 atom stereocenters. The van der Waals surface area contributed by atoms with Gasteiger partial charge in [0, 0.05) is 16.7 Å². The Morgan fingerprint density at radius 1 is 0.862 bits per heavy atom. The van der Waals surface area contributed by atoms with Crippen LogP contribution in [0.25, 0.3) is 5.76 Å². The van der Waals surface area contributed by atoms with E-state index in [0.29, 0.717) is 28.2 Å². The standard InChI is InChI=1S/C25H18O4/c1-28-17-13-11-15(12-14-17)20-21-23(27)18-9-5-6-10-19(18)24(21)29-25(20)22(26)16-7-3-2-4-8-16/h2-14,20,25H,1H3/t20-,25-/m1/s1. The predicted molar refractivity (Wildman–Crippen MR) is 109 cm³/mol. The van der Waals surface area contributed by atoms with Crippen LogP contribution >= 0.6 is 0 Å². The molecule has 0 bridgehead atoms. The van der Waals surface area contributed by atoms with Gasteiger partial charge >= 0.3 is 0 Å². The number of fused-ring (bicyclic) bond motifs is 2. The van der Waals surface area contributed by atoms with E-state index in [1.54, 1.807) is 25.3 Å². The summed E-state index contributed by atoms with van der Waals surface area (Å²) in [5.41, 5.74) is 3.37. The summed E-state index contributed by atoms with van der Waals surface area (Å²) in [6.45, 7) is 0. The van der Waals surface area contributed by atoms with Crippen molar-refractivity contribution in [3.63, 3.8) is 0 Å². The Bertz CT molecular complexity index is 1140. The monoisotopic (exact) mass is 382 g/mol. The summed E-state index contributed by atoms with van der Waals surface area (Å²) in [5.74, 6) is 0.573. The number of hydrogen-bond acceptors (Lipinski definition) is 4. The fourth-order valence-corrected chi connectivity index (χ4v) is 4.15. The average molecular weight is 382 g/mol. The lowest BCUT2D eigenvalue weighted by Crippen LogP contribution is -2.29. The van der Waals surface area contributed by atoms with Crippen molar-refractivity contribution in [1.82, 2.24) is 0 Å². The Kier molecular flexibility index (Phi) is 4.06. The van der Waals surface area contributed by atoms with Crippen LogP contribution in [0.5, 0.6) is 5.75 Å². The molecule has 0 saturated heterocycles. The highest BCUT2D eigenvalue weighted by molar-refractivity contribution is 6.22. The summed E-state index contributed by atoms with van der Waals surface area (Å²) in [6.07, 6.45) is -0.784. The van der Waals surface area contributed by atoms with E-state index in [1.807, 2.05) is 60.7 Å². The van der Waals surface area contributed by atoms with Gasteiger partial charge in [-0.2, -0.15) is 0 Å². The highest BCUT2D eigenvalue weighted by Gasteiger charge is 2.49. The molecule has 0 amide bonds. The molecular formula is C25H18O4. The number of Topliss-reactive ketones (excluding diaryl/α,β-unsaturated/α-hetero) is 2. The molecule has 1 aliphatic carbocycles. The van der Waals surface area contributed by atoms with Crippen LogP contribution in [-0.4, -0.2) is 24.8 Å². The van der Waals surface area contributed by atoms with E-state index in [1.165, 1.54) is 0 Å². The zero-order valence-corrected chi connectivity index (χ0v) is 15.8. The van der Waals surface area contributed by atoms with Crippen LogP contribution in [0.3, 0.4) is 0 Å². The van der Waals surface area contributed by atoms with Gasteiger partial charge in [-0.25, -0.2) is 0 Å². The number of hydrogen-bond donors (Lipinski definition) is 0. The fraction of sp³-hybridized carbons (Fsp3) is 0.120. The Morgan fingerprint density at radius 3 is 2.21 bits per heavy atom. The molecule has 29 heavy (non-hydrogen) atoms. The highest BCUT2D eigenvalue weighted by atomic mass is 16.5. The molecule has 0 unspecified atom stereocenters. The van der Waals surface area contributed by atoms with Gasteiger partial charge in [-0.15, -0.1) is 0 Å². The van der Waals surface area contributed by atoms with E-state index >= 15 is 0 Å². The van der Waals surface area contributed by atoms with E-state index in [-0.39, 0.29) is 11.6 Å². The summed E-state index contributed by atoms with van der Waals surface area (Å²) in [7, 11) is 1.60. The molecule has 0 radical (unpaired) electrons. The molecule has 0 aromatic heterocycles. The third-order valence-corrected chi connectivity index (χ3v) is 5.56. The molecule has 4 nitrogen and oxygen atoms in total. The third-order valence-electron chi connectivity index (χ3n) is 5.56. The van der Waals surface area contributed by atoms with Gasteiger partial charge in [0.25, 0.3) is 0 Å². The molecule has 0 fully saturated rings. The van der Waals surface area contributed by atoms with Gasteiger partial charge in [-0.3, -0.25) is 9.59 Å². The predicted octanol–water partition coefficient (Wildman–Crippen LogP) is 4.67. The number of carbonyl (C=O) groups excluding carboxylic acids is 2. The molecular weight excluding hydrogens is 364 g/mol. The van der Waals surface area contributed by atoms with Gasteiger partial charge < -0.3 is 9.47 Å². The number of methoxy groups -OCH3 is 1. The van der Waals surface area contributed by atoms with Gasteiger partial charge in [-0.1, -0.05) is 66.7 Å². The zero-order chi connectivity index (χ0) is 20.0. The van der Waals surface area contributed by atoms with E-state index in [0.717, 1.165) is 11.1 Å². The number of carbonyl (C=O) groups is 2. The van der Waals surface area contributed by atoms with Crippen molar-refractivity contribution in [1.29, 1.82) is 0 Å². The number of ether oxygens (including phenoxy) is 2. The van der Waals surface area contributed by atoms with Crippen LogP contribution in [0, 0.1) is 0 Å². The van der Waals surface area contributed by atoms with Crippen LogP contribution in [0.4, 0.5) is 0 Å². The van der Waals surface area contributed by atoms with Crippen LogP contribution in [-0.2, 0) is 4.74 Å². The minimum Gasteiger partial charge on any atom is -0.497 e. The summed E-state index contributed by atoms with van der Waals surface area (Å²) in [5, 5.41) is 0. The summed E-state index contributed by atoms with van der Waals surface area (Å²) < 4.78 is 11.5. The first-order chi connectivity index (χ1) is 14.2. The zero-order valence-electron chi connectivity index (χ0n) is 15.8. The molecule has 3 aromatic rings. The maximum Gasteiger partial charge on any atom is 0.204 e. The lowest BCUT2D eigenvalue weighted by atomic mass is 9.83. The summed E-state index contributed by atoms with van der Waals surface area (Å²) >= 11 is 0. The van der Waals surface area contributed by atoms with Gasteiger partial charge in [0.05, 0.1) is 18.6 Å². The molecule has 2 aliphatic rings. The second-order valence-electron chi connectivity index (χ2n) is 7.14. The largest absolute Gasteiger partial charge is 0.497 e. The molecule has 5 rings (SSSR count). The van der Waals surface area contributed by atoms with Gasteiger partial charge in [-0.05, 0) is 17.7 Å². The summed E-state index contributed by atoms with van der Waals surface area (Å²) in [4.78, 5) is 26.5. The van der Waals surface area contributed by atoms with Crippen molar-refractivity contribution in [2.75, 3.05) is 7.11 Å². The Hall–Kier alpha value is -3.66. The van der Waals surface area contributed by atoms with Crippen molar-refractivity contribution in [2.24, 2.45) is 0 Å². The quantitative estimate of drug-likeness (QED) is 0.616. The van der Waals surface area contributed by atoms with Crippen molar-refractivity contribution in [2.45, 2.75) is 12.0 Å². The van der Waals surface area contributed by atoms with Crippen molar-refractivity contribution in [3.05, 3.63) is 107 Å². The molecule has 3 aromatic carbocycles. The SMILES string of the molecule is COc1ccc([C@@H]2C3=C(O[C@H]2C(=O)c2ccccc2)c2ccccc2C3=O)cc1. The Labute approximate surface area is 168 Å². The van der Waals surface area contributed by atoms with Crippen LogP contribution in [0.1, 0.15) is 37.8 Å². The molecule has 142 valence electrons. The van der Waals surface area contributed by atoms with E-state index in [9.17, 15) is 9.59 Å². The Morgan fingerprint density at radius 2 is 1.52 bits per heavy atom. The summed E-state index contributed by atoms with van der Waals surface area (Å²) in [6, 6.07) is 23.9. The Balaban J connectivity index is 1.63. The lowest BCUT2D eigenvalue weighted by molar-refractivity contribution is 0.0750. The first-order valence-electron chi connectivity index (χ1n) is 9.47. The average Bonchev–Trinajstić information content (AvgIpc) is 3.30. The topological polar surface area (TPSA) is 52.6 Å². The third kappa shape index (κ3) is 2.68. The van der Waals surface area contributed by atoms with Crippen molar-refractivity contribution < 1.29 is 19.1 Å². The molecule has 1 heterocycles.